The first-order valence-electron chi connectivity index (χ1n) is 7.37. The lowest BCUT2D eigenvalue weighted by atomic mass is 10.1. The summed E-state index contributed by atoms with van der Waals surface area (Å²) in [7, 11) is 0. The average molecular weight is 287 g/mol. The van der Waals surface area contributed by atoms with E-state index in [1.165, 1.54) is 0 Å². The minimum absolute atomic E-state index is 0.599. The van der Waals surface area contributed by atoms with Gasteiger partial charge in [0.05, 0.1) is 11.9 Å². The molecular formula is C16H21N3O2. The highest BCUT2D eigenvalue weighted by molar-refractivity contribution is 5.66. The molecule has 2 heterocycles. The Bertz CT molecular complexity index is 607. The van der Waals surface area contributed by atoms with Gasteiger partial charge in [0.25, 0.3) is 0 Å². The van der Waals surface area contributed by atoms with Crippen LogP contribution in [0.5, 0.6) is 11.5 Å². The molecule has 0 saturated carbocycles. The molecule has 0 unspecified atom stereocenters. The van der Waals surface area contributed by atoms with E-state index in [1.807, 2.05) is 24.4 Å². The van der Waals surface area contributed by atoms with E-state index in [0.717, 1.165) is 41.4 Å². The quantitative estimate of drug-likeness (QED) is 0.887. The fraction of sp³-hybridized carbons (Fsp3) is 0.438. The van der Waals surface area contributed by atoms with E-state index in [4.69, 9.17) is 9.47 Å². The lowest BCUT2D eigenvalue weighted by Crippen LogP contribution is -2.19. The van der Waals surface area contributed by atoms with Crippen LogP contribution in [0.1, 0.15) is 19.4 Å². The summed E-state index contributed by atoms with van der Waals surface area (Å²) in [6.45, 7) is 7.40. The molecule has 0 saturated heterocycles. The van der Waals surface area contributed by atoms with Crippen molar-refractivity contribution in [1.29, 1.82) is 0 Å². The summed E-state index contributed by atoms with van der Waals surface area (Å²) in [5, 5.41) is 10.7. The Kier molecular flexibility index (Phi) is 4.10. The van der Waals surface area contributed by atoms with Crippen LogP contribution in [-0.4, -0.2) is 30.0 Å². The number of fused-ring (bicyclic) bond motifs is 1. The first-order valence-corrected chi connectivity index (χ1v) is 7.37. The van der Waals surface area contributed by atoms with E-state index >= 15 is 0 Å². The minimum atomic E-state index is 0.599. The number of hydrogen-bond donors (Lipinski definition) is 2. The van der Waals surface area contributed by atoms with E-state index in [-0.39, 0.29) is 0 Å². The van der Waals surface area contributed by atoms with Crippen molar-refractivity contribution in [3.8, 4) is 22.8 Å². The van der Waals surface area contributed by atoms with Crippen LogP contribution < -0.4 is 14.8 Å². The van der Waals surface area contributed by atoms with Gasteiger partial charge in [-0.3, -0.25) is 5.10 Å². The third-order valence-corrected chi connectivity index (χ3v) is 3.42. The van der Waals surface area contributed by atoms with Gasteiger partial charge in [0.1, 0.15) is 13.2 Å². The Morgan fingerprint density at radius 3 is 2.86 bits per heavy atom. The number of benzene rings is 1. The lowest BCUT2D eigenvalue weighted by Gasteiger charge is -2.18. The maximum absolute atomic E-state index is 5.64. The summed E-state index contributed by atoms with van der Waals surface area (Å²) in [6, 6.07) is 6.00. The number of aromatic amines is 1. The number of nitrogens with zero attached hydrogens (tertiary/aromatic N) is 1. The standard InChI is InChI=1S/C16H21N3O2/c1-11(2)8-17-9-13-10-18-19-16(13)12-3-4-14-15(7-12)21-6-5-20-14/h3-4,7,10-11,17H,5-6,8-9H2,1-2H3,(H,18,19). The lowest BCUT2D eigenvalue weighted by molar-refractivity contribution is 0.171. The number of aromatic nitrogens is 2. The summed E-state index contributed by atoms with van der Waals surface area (Å²) in [5.74, 6) is 2.24. The molecule has 2 aromatic rings. The van der Waals surface area contributed by atoms with Crippen molar-refractivity contribution in [2.75, 3.05) is 19.8 Å². The zero-order valence-corrected chi connectivity index (χ0v) is 12.5. The van der Waals surface area contributed by atoms with Gasteiger partial charge in [-0.1, -0.05) is 13.8 Å². The van der Waals surface area contributed by atoms with Crippen LogP contribution in [0.3, 0.4) is 0 Å². The SMILES string of the molecule is CC(C)CNCc1cn[nH]c1-c1ccc2c(c1)OCCO2. The largest absolute Gasteiger partial charge is 0.486 e. The predicted octanol–water partition coefficient (Wildman–Crippen LogP) is 2.59. The zero-order valence-electron chi connectivity index (χ0n) is 12.5. The third-order valence-electron chi connectivity index (χ3n) is 3.42. The normalized spacial score (nSPS) is 13.7. The molecule has 0 fully saturated rings. The van der Waals surface area contributed by atoms with E-state index in [2.05, 4.69) is 29.4 Å². The maximum atomic E-state index is 5.64. The van der Waals surface area contributed by atoms with Gasteiger partial charge < -0.3 is 14.8 Å². The van der Waals surface area contributed by atoms with Crippen LogP contribution >= 0.6 is 0 Å². The van der Waals surface area contributed by atoms with Crippen LogP contribution in [0.4, 0.5) is 0 Å². The van der Waals surface area contributed by atoms with Gasteiger partial charge in [0.15, 0.2) is 11.5 Å². The van der Waals surface area contributed by atoms with E-state index in [9.17, 15) is 0 Å². The molecule has 5 nitrogen and oxygen atoms in total. The number of H-pyrrole nitrogens is 1. The summed E-state index contributed by atoms with van der Waals surface area (Å²) in [6.07, 6.45) is 1.87. The van der Waals surface area contributed by atoms with Crippen LogP contribution in [0.15, 0.2) is 24.4 Å². The number of hydrogen-bond acceptors (Lipinski definition) is 4. The Hall–Kier alpha value is -2.01. The van der Waals surface area contributed by atoms with Crippen LogP contribution in [0, 0.1) is 5.92 Å². The monoisotopic (exact) mass is 287 g/mol. The van der Waals surface area contributed by atoms with Gasteiger partial charge in [-0.2, -0.15) is 5.10 Å². The first kappa shape index (κ1) is 13.9. The number of rotatable bonds is 5. The van der Waals surface area contributed by atoms with Crippen LogP contribution in [0.25, 0.3) is 11.3 Å². The van der Waals surface area contributed by atoms with Crippen molar-refractivity contribution in [2.45, 2.75) is 20.4 Å². The van der Waals surface area contributed by atoms with Gasteiger partial charge in [-0.15, -0.1) is 0 Å². The molecule has 0 amide bonds. The van der Waals surface area contributed by atoms with Crippen molar-refractivity contribution >= 4 is 0 Å². The summed E-state index contributed by atoms with van der Waals surface area (Å²) < 4.78 is 11.2. The molecule has 0 spiro atoms. The molecule has 0 atom stereocenters. The smallest absolute Gasteiger partial charge is 0.162 e. The van der Waals surface area contributed by atoms with E-state index < -0.39 is 0 Å². The molecule has 3 rings (SSSR count). The molecule has 5 heteroatoms. The van der Waals surface area contributed by atoms with Crippen LogP contribution in [-0.2, 0) is 6.54 Å². The fourth-order valence-corrected chi connectivity index (χ4v) is 2.39. The Balaban J connectivity index is 1.79. The first-order chi connectivity index (χ1) is 10.2. The van der Waals surface area contributed by atoms with E-state index in [0.29, 0.717) is 19.1 Å². The molecule has 112 valence electrons. The van der Waals surface area contributed by atoms with Gasteiger partial charge in [0.2, 0.25) is 0 Å². The Morgan fingerprint density at radius 1 is 1.24 bits per heavy atom. The molecule has 0 bridgehead atoms. The van der Waals surface area contributed by atoms with Gasteiger partial charge >= 0.3 is 0 Å². The van der Waals surface area contributed by atoms with Crippen molar-refractivity contribution in [2.24, 2.45) is 5.92 Å². The molecule has 1 aromatic heterocycles. The molecule has 0 aliphatic carbocycles. The summed E-state index contributed by atoms with van der Waals surface area (Å²) in [5.41, 5.74) is 3.26. The minimum Gasteiger partial charge on any atom is -0.486 e. The highest BCUT2D eigenvalue weighted by Crippen LogP contribution is 2.34. The molecular weight excluding hydrogens is 266 g/mol. The highest BCUT2D eigenvalue weighted by Gasteiger charge is 2.14. The molecule has 1 aromatic carbocycles. The summed E-state index contributed by atoms with van der Waals surface area (Å²) >= 11 is 0. The van der Waals surface area contributed by atoms with Crippen molar-refractivity contribution in [3.63, 3.8) is 0 Å². The molecule has 1 aliphatic rings. The van der Waals surface area contributed by atoms with E-state index in [1.54, 1.807) is 0 Å². The maximum Gasteiger partial charge on any atom is 0.162 e. The Morgan fingerprint density at radius 2 is 2.05 bits per heavy atom. The second-order valence-corrected chi connectivity index (χ2v) is 5.65. The summed E-state index contributed by atoms with van der Waals surface area (Å²) in [4.78, 5) is 0. The fourth-order valence-electron chi connectivity index (χ4n) is 2.39. The van der Waals surface area contributed by atoms with Gasteiger partial charge in [0, 0.05) is 17.7 Å². The van der Waals surface area contributed by atoms with Crippen molar-refractivity contribution in [1.82, 2.24) is 15.5 Å². The molecule has 0 radical (unpaired) electrons. The van der Waals surface area contributed by atoms with Gasteiger partial charge in [-0.05, 0) is 30.7 Å². The molecule has 2 N–H and O–H groups in total. The molecule has 1 aliphatic heterocycles. The van der Waals surface area contributed by atoms with Crippen molar-refractivity contribution in [3.05, 3.63) is 30.0 Å². The topological polar surface area (TPSA) is 59.2 Å². The van der Waals surface area contributed by atoms with Gasteiger partial charge in [-0.25, -0.2) is 0 Å². The predicted molar refractivity (Wildman–Crippen MR) is 81.6 cm³/mol. The number of ether oxygens (including phenoxy) is 2. The molecule has 21 heavy (non-hydrogen) atoms. The number of nitrogens with one attached hydrogen (secondary N) is 2. The third kappa shape index (κ3) is 3.19. The zero-order chi connectivity index (χ0) is 14.7. The second kappa shape index (κ2) is 6.18. The van der Waals surface area contributed by atoms with Crippen molar-refractivity contribution < 1.29 is 9.47 Å². The highest BCUT2D eigenvalue weighted by atomic mass is 16.6. The average Bonchev–Trinajstić information content (AvgIpc) is 2.95. The Labute approximate surface area is 124 Å². The second-order valence-electron chi connectivity index (χ2n) is 5.65. The van der Waals surface area contributed by atoms with Crippen LogP contribution in [0.2, 0.25) is 0 Å².